The Kier molecular flexibility index (Phi) is 4.09. The van der Waals surface area contributed by atoms with Crippen LogP contribution in [0.3, 0.4) is 0 Å². The van der Waals surface area contributed by atoms with E-state index in [9.17, 15) is 14.7 Å². The lowest BCUT2D eigenvalue weighted by molar-refractivity contribution is -0.142. The standard InChI is InChI=1S/C16H26N2O3/c1-11-8-10-18(14(11)15(19)20)16(21)17-9-4-6-12-5-2-3-7-13(12)17/h11-14H,2-10H2,1H3,(H,19,20). The summed E-state index contributed by atoms with van der Waals surface area (Å²) in [6, 6.07) is -0.310. The molecule has 118 valence electrons. The van der Waals surface area contributed by atoms with E-state index < -0.39 is 12.0 Å². The number of hydrogen-bond acceptors (Lipinski definition) is 2. The van der Waals surface area contributed by atoms with Crippen LogP contribution in [0.25, 0.3) is 0 Å². The number of piperidine rings is 1. The van der Waals surface area contributed by atoms with Gasteiger partial charge >= 0.3 is 12.0 Å². The van der Waals surface area contributed by atoms with Crippen molar-refractivity contribution in [1.29, 1.82) is 0 Å². The molecule has 1 aliphatic carbocycles. The molecule has 2 amide bonds. The third-order valence-electron chi connectivity index (χ3n) is 5.69. The number of carbonyl (C=O) groups is 2. The van der Waals surface area contributed by atoms with Crippen LogP contribution in [-0.4, -0.2) is 52.1 Å². The number of urea groups is 1. The molecule has 2 heterocycles. The van der Waals surface area contributed by atoms with Crippen LogP contribution in [0.1, 0.15) is 51.9 Å². The van der Waals surface area contributed by atoms with Gasteiger partial charge in [0.2, 0.25) is 0 Å². The van der Waals surface area contributed by atoms with Crippen LogP contribution >= 0.6 is 0 Å². The Morgan fingerprint density at radius 2 is 1.67 bits per heavy atom. The number of hydrogen-bond donors (Lipinski definition) is 1. The van der Waals surface area contributed by atoms with Gasteiger partial charge in [-0.2, -0.15) is 0 Å². The second kappa shape index (κ2) is 5.85. The molecular weight excluding hydrogens is 268 g/mol. The van der Waals surface area contributed by atoms with Crippen LogP contribution < -0.4 is 0 Å². The minimum atomic E-state index is -0.856. The van der Waals surface area contributed by atoms with Crippen molar-refractivity contribution in [3.8, 4) is 0 Å². The normalized spacial score (nSPS) is 36.4. The summed E-state index contributed by atoms with van der Waals surface area (Å²) in [7, 11) is 0. The minimum absolute atomic E-state index is 0.0247. The molecule has 0 spiro atoms. The lowest BCUT2D eigenvalue weighted by Crippen LogP contribution is -2.56. The molecule has 4 unspecified atom stereocenters. The number of rotatable bonds is 1. The summed E-state index contributed by atoms with van der Waals surface area (Å²) in [5.41, 5.74) is 0. The van der Waals surface area contributed by atoms with Crippen molar-refractivity contribution < 1.29 is 14.7 Å². The van der Waals surface area contributed by atoms with Gasteiger partial charge in [-0.1, -0.05) is 19.8 Å². The summed E-state index contributed by atoms with van der Waals surface area (Å²) < 4.78 is 0. The first-order chi connectivity index (χ1) is 10.1. The van der Waals surface area contributed by atoms with Gasteiger partial charge in [0.25, 0.3) is 0 Å². The fourth-order valence-electron chi connectivity index (χ4n) is 4.57. The molecule has 1 saturated carbocycles. The van der Waals surface area contributed by atoms with E-state index in [2.05, 4.69) is 0 Å². The highest BCUT2D eigenvalue weighted by atomic mass is 16.4. The Hall–Kier alpha value is -1.26. The van der Waals surface area contributed by atoms with Gasteiger partial charge < -0.3 is 14.9 Å². The van der Waals surface area contributed by atoms with Crippen molar-refractivity contribution in [3.05, 3.63) is 0 Å². The van der Waals surface area contributed by atoms with Gasteiger partial charge in [0.15, 0.2) is 0 Å². The molecule has 3 rings (SSSR count). The zero-order chi connectivity index (χ0) is 15.0. The Bertz CT molecular complexity index is 424. The number of carbonyl (C=O) groups excluding carboxylic acids is 1. The lowest BCUT2D eigenvalue weighted by atomic mass is 9.78. The molecule has 0 radical (unpaired) electrons. The van der Waals surface area contributed by atoms with Crippen LogP contribution in [-0.2, 0) is 4.79 Å². The first-order valence-electron chi connectivity index (χ1n) is 8.39. The number of aliphatic carboxylic acids is 1. The molecule has 2 saturated heterocycles. The Balaban J connectivity index is 1.76. The Morgan fingerprint density at radius 3 is 2.43 bits per heavy atom. The lowest BCUT2D eigenvalue weighted by Gasteiger charge is -2.45. The predicted octanol–water partition coefficient (Wildman–Crippen LogP) is 2.56. The topological polar surface area (TPSA) is 60.9 Å². The van der Waals surface area contributed by atoms with Gasteiger partial charge in [0.1, 0.15) is 6.04 Å². The van der Waals surface area contributed by atoms with E-state index in [1.54, 1.807) is 4.90 Å². The Labute approximate surface area is 126 Å². The van der Waals surface area contributed by atoms with Gasteiger partial charge in [-0.25, -0.2) is 9.59 Å². The number of carboxylic acids is 1. The third kappa shape index (κ3) is 2.62. The summed E-state index contributed by atoms with van der Waals surface area (Å²) in [4.78, 5) is 28.0. The van der Waals surface area contributed by atoms with Crippen molar-refractivity contribution in [3.63, 3.8) is 0 Å². The van der Waals surface area contributed by atoms with E-state index in [0.29, 0.717) is 18.5 Å². The zero-order valence-electron chi connectivity index (χ0n) is 12.8. The van der Waals surface area contributed by atoms with Crippen LogP contribution in [0.5, 0.6) is 0 Å². The van der Waals surface area contributed by atoms with Crippen molar-refractivity contribution in [2.75, 3.05) is 13.1 Å². The highest BCUT2D eigenvalue weighted by Gasteiger charge is 2.44. The van der Waals surface area contributed by atoms with Crippen LogP contribution in [0.15, 0.2) is 0 Å². The molecule has 0 aromatic heterocycles. The molecule has 3 fully saturated rings. The summed E-state index contributed by atoms with van der Waals surface area (Å²) in [5.74, 6) is -0.163. The highest BCUT2D eigenvalue weighted by molar-refractivity contribution is 5.84. The number of amides is 2. The van der Waals surface area contributed by atoms with Crippen molar-refractivity contribution >= 4 is 12.0 Å². The fraction of sp³-hybridized carbons (Fsp3) is 0.875. The van der Waals surface area contributed by atoms with E-state index in [1.165, 1.54) is 25.7 Å². The maximum absolute atomic E-state index is 12.9. The van der Waals surface area contributed by atoms with Crippen LogP contribution in [0.4, 0.5) is 4.79 Å². The van der Waals surface area contributed by atoms with Crippen molar-refractivity contribution in [1.82, 2.24) is 9.80 Å². The number of nitrogens with zero attached hydrogens (tertiary/aromatic N) is 2. The number of carboxylic acid groups (broad SMARTS) is 1. The summed E-state index contributed by atoms with van der Waals surface area (Å²) >= 11 is 0. The van der Waals surface area contributed by atoms with Crippen LogP contribution in [0, 0.1) is 11.8 Å². The fourth-order valence-corrected chi connectivity index (χ4v) is 4.57. The van der Waals surface area contributed by atoms with Gasteiger partial charge in [0.05, 0.1) is 0 Å². The molecule has 3 aliphatic rings. The van der Waals surface area contributed by atoms with Gasteiger partial charge in [-0.05, 0) is 43.9 Å². The van der Waals surface area contributed by atoms with E-state index in [1.807, 2.05) is 11.8 Å². The first kappa shape index (κ1) is 14.7. The molecule has 5 heteroatoms. The maximum atomic E-state index is 12.9. The summed E-state index contributed by atoms with van der Waals surface area (Å²) in [6.45, 7) is 3.33. The molecule has 0 aromatic carbocycles. The average Bonchev–Trinajstić information content (AvgIpc) is 2.88. The molecule has 1 N–H and O–H groups in total. The zero-order valence-corrected chi connectivity index (χ0v) is 12.8. The second-order valence-electron chi connectivity index (χ2n) is 6.97. The maximum Gasteiger partial charge on any atom is 0.326 e. The molecule has 21 heavy (non-hydrogen) atoms. The first-order valence-corrected chi connectivity index (χ1v) is 8.39. The number of likely N-dealkylation sites (tertiary alicyclic amines) is 2. The molecule has 4 atom stereocenters. The molecular formula is C16H26N2O3. The molecule has 2 aliphatic heterocycles. The Morgan fingerprint density at radius 1 is 0.952 bits per heavy atom. The summed E-state index contributed by atoms with van der Waals surface area (Å²) in [6.07, 6.45) is 7.89. The quantitative estimate of drug-likeness (QED) is 0.808. The monoisotopic (exact) mass is 294 g/mol. The van der Waals surface area contributed by atoms with E-state index >= 15 is 0 Å². The predicted molar refractivity (Wildman–Crippen MR) is 79.0 cm³/mol. The second-order valence-corrected chi connectivity index (χ2v) is 6.97. The SMILES string of the molecule is CC1CCN(C(=O)N2CCCC3CCCCC32)C1C(=O)O. The van der Waals surface area contributed by atoms with Crippen LogP contribution in [0.2, 0.25) is 0 Å². The summed E-state index contributed by atoms with van der Waals surface area (Å²) in [5, 5.41) is 9.42. The van der Waals surface area contributed by atoms with E-state index in [0.717, 1.165) is 25.8 Å². The molecule has 5 nitrogen and oxygen atoms in total. The minimum Gasteiger partial charge on any atom is -0.480 e. The smallest absolute Gasteiger partial charge is 0.326 e. The van der Waals surface area contributed by atoms with Gasteiger partial charge in [-0.15, -0.1) is 0 Å². The van der Waals surface area contributed by atoms with E-state index in [-0.39, 0.29) is 11.9 Å². The largest absolute Gasteiger partial charge is 0.480 e. The molecule has 0 bridgehead atoms. The highest BCUT2D eigenvalue weighted by Crippen LogP contribution is 2.36. The molecule has 0 aromatic rings. The van der Waals surface area contributed by atoms with Crippen molar-refractivity contribution in [2.24, 2.45) is 11.8 Å². The third-order valence-corrected chi connectivity index (χ3v) is 5.69. The van der Waals surface area contributed by atoms with Crippen molar-refractivity contribution in [2.45, 2.75) is 64.0 Å². The van der Waals surface area contributed by atoms with E-state index in [4.69, 9.17) is 0 Å². The van der Waals surface area contributed by atoms with Gasteiger partial charge in [-0.3, -0.25) is 0 Å². The average molecular weight is 294 g/mol. The van der Waals surface area contributed by atoms with Gasteiger partial charge in [0, 0.05) is 19.1 Å². The number of fused-ring (bicyclic) bond motifs is 1.